The first-order chi connectivity index (χ1) is 9.74. The Hall–Kier alpha value is -2.08. The Labute approximate surface area is 124 Å². The highest BCUT2D eigenvalue weighted by Crippen LogP contribution is 2.33. The molecule has 0 bridgehead atoms. The first-order valence-electron chi connectivity index (χ1n) is 5.95. The third-order valence-corrected chi connectivity index (χ3v) is 3.54. The minimum atomic E-state index is 0.668. The average molecular weight is 334 g/mol. The van der Waals surface area contributed by atoms with Crippen molar-refractivity contribution in [3.63, 3.8) is 0 Å². The Kier molecular flexibility index (Phi) is 3.31. The molecule has 6 heteroatoms. The van der Waals surface area contributed by atoms with Crippen LogP contribution in [0.1, 0.15) is 0 Å². The molecule has 1 aromatic carbocycles. The van der Waals surface area contributed by atoms with Crippen molar-refractivity contribution >= 4 is 21.6 Å². The minimum Gasteiger partial charge on any atom is -0.493 e. The van der Waals surface area contributed by atoms with Gasteiger partial charge in [-0.3, -0.25) is 4.40 Å². The van der Waals surface area contributed by atoms with Crippen molar-refractivity contribution in [3.8, 4) is 22.9 Å². The molecule has 0 saturated heterocycles. The van der Waals surface area contributed by atoms with Gasteiger partial charge in [0, 0.05) is 18.0 Å². The van der Waals surface area contributed by atoms with E-state index in [0.29, 0.717) is 16.1 Å². The van der Waals surface area contributed by atoms with Crippen molar-refractivity contribution in [2.24, 2.45) is 0 Å². The van der Waals surface area contributed by atoms with Crippen molar-refractivity contribution in [2.45, 2.75) is 0 Å². The summed E-state index contributed by atoms with van der Waals surface area (Å²) in [7, 11) is 3.23. The molecule has 20 heavy (non-hydrogen) atoms. The molecular weight excluding hydrogens is 322 g/mol. The summed E-state index contributed by atoms with van der Waals surface area (Å²) in [5, 5.41) is 0. The molecule has 2 aromatic heterocycles. The molecular formula is C14H12BrN3O2. The molecule has 102 valence electrons. The third kappa shape index (κ3) is 2.02. The number of methoxy groups -OCH3 is 2. The highest BCUT2D eigenvalue weighted by atomic mass is 79.9. The van der Waals surface area contributed by atoms with E-state index in [1.54, 1.807) is 20.4 Å². The van der Waals surface area contributed by atoms with Gasteiger partial charge in [0.05, 0.1) is 14.2 Å². The van der Waals surface area contributed by atoms with Crippen LogP contribution in [0.2, 0.25) is 0 Å². The number of ether oxygens (including phenoxy) is 2. The Bertz CT molecular complexity index is 770. The van der Waals surface area contributed by atoms with Crippen LogP contribution in [-0.4, -0.2) is 28.6 Å². The topological polar surface area (TPSA) is 48.7 Å². The Morgan fingerprint density at radius 2 is 1.95 bits per heavy atom. The average Bonchev–Trinajstić information content (AvgIpc) is 2.84. The van der Waals surface area contributed by atoms with Crippen molar-refractivity contribution in [2.75, 3.05) is 14.2 Å². The predicted molar refractivity (Wildman–Crippen MR) is 79.2 cm³/mol. The number of aromatic nitrogens is 3. The molecule has 5 nitrogen and oxygen atoms in total. The van der Waals surface area contributed by atoms with Gasteiger partial charge in [0.25, 0.3) is 0 Å². The lowest BCUT2D eigenvalue weighted by atomic mass is 10.2. The summed E-state index contributed by atoms with van der Waals surface area (Å²) in [6.07, 6.45) is 3.66. The molecule has 0 amide bonds. The Morgan fingerprint density at radius 3 is 2.70 bits per heavy atom. The maximum atomic E-state index is 5.33. The van der Waals surface area contributed by atoms with E-state index >= 15 is 0 Å². The van der Waals surface area contributed by atoms with Gasteiger partial charge in [0.15, 0.2) is 21.7 Å². The van der Waals surface area contributed by atoms with Gasteiger partial charge in [0.1, 0.15) is 5.82 Å². The van der Waals surface area contributed by atoms with Gasteiger partial charge < -0.3 is 9.47 Å². The fourth-order valence-corrected chi connectivity index (χ4v) is 2.53. The lowest BCUT2D eigenvalue weighted by Gasteiger charge is -2.09. The van der Waals surface area contributed by atoms with E-state index in [9.17, 15) is 0 Å². The van der Waals surface area contributed by atoms with Crippen LogP contribution in [0.5, 0.6) is 11.5 Å². The van der Waals surface area contributed by atoms with Crippen LogP contribution >= 0.6 is 15.9 Å². The van der Waals surface area contributed by atoms with Gasteiger partial charge in [-0.25, -0.2) is 9.97 Å². The van der Waals surface area contributed by atoms with Crippen molar-refractivity contribution in [1.82, 2.24) is 14.4 Å². The largest absolute Gasteiger partial charge is 0.493 e. The van der Waals surface area contributed by atoms with Crippen LogP contribution in [0.25, 0.3) is 17.0 Å². The number of hydrogen-bond acceptors (Lipinski definition) is 4. The molecule has 0 aliphatic heterocycles. The first kappa shape index (κ1) is 12.9. The zero-order valence-corrected chi connectivity index (χ0v) is 12.6. The smallest absolute Gasteiger partial charge is 0.171 e. The second-order valence-electron chi connectivity index (χ2n) is 4.11. The molecule has 0 aliphatic rings. The highest BCUT2D eigenvalue weighted by Gasteiger charge is 2.13. The fraction of sp³-hybridized carbons (Fsp3) is 0.143. The summed E-state index contributed by atoms with van der Waals surface area (Å²) in [5.41, 5.74) is 1.70. The van der Waals surface area contributed by atoms with Crippen LogP contribution in [0.3, 0.4) is 0 Å². The zero-order chi connectivity index (χ0) is 14.1. The fourth-order valence-electron chi connectivity index (χ4n) is 2.07. The number of benzene rings is 1. The SMILES string of the molecule is COc1ccc(-c2nc(Br)c3ncccn23)cc1OC. The summed E-state index contributed by atoms with van der Waals surface area (Å²) in [6, 6.07) is 7.56. The monoisotopic (exact) mass is 333 g/mol. The van der Waals surface area contributed by atoms with E-state index < -0.39 is 0 Å². The molecule has 0 N–H and O–H groups in total. The van der Waals surface area contributed by atoms with Crippen LogP contribution in [0.15, 0.2) is 41.3 Å². The third-order valence-electron chi connectivity index (χ3n) is 3.00. The van der Waals surface area contributed by atoms with Gasteiger partial charge in [-0.05, 0) is 40.2 Å². The standard InChI is InChI=1S/C14H12BrN3O2/c1-19-10-5-4-9(8-11(10)20-2)13-17-12(15)14-16-6-3-7-18(13)14/h3-8H,1-2H3. The van der Waals surface area contributed by atoms with Gasteiger partial charge in [0.2, 0.25) is 0 Å². The van der Waals surface area contributed by atoms with E-state index in [1.165, 1.54) is 0 Å². The second-order valence-corrected chi connectivity index (χ2v) is 4.86. The van der Waals surface area contributed by atoms with Crippen LogP contribution in [-0.2, 0) is 0 Å². The molecule has 0 atom stereocenters. The molecule has 0 fully saturated rings. The van der Waals surface area contributed by atoms with E-state index in [1.807, 2.05) is 34.9 Å². The Morgan fingerprint density at radius 1 is 1.15 bits per heavy atom. The van der Waals surface area contributed by atoms with Gasteiger partial charge in [-0.1, -0.05) is 0 Å². The molecule has 2 heterocycles. The number of hydrogen-bond donors (Lipinski definition) is 0. The number of nitrogens with zero attached hydrogens (tertiary/aromatic N) is 3. The number of imidazole rings is 1. The maximum Gasteiger partial charge on any atom is 0.171 e. The molecule has 0 saturated carbocycles. The van der Waals surface area contributed by atoms with Crippen molar-refractivity contribution in [1.29, 1.82) is 0 Å². The first-order valence-corrected chi connectivity index (χ1v) is 6.75. The van der Waals surface area contributed by atoms with Crippen LogP contribution in [0.4, 0.5) is 0 Å². The number of halogens is 1. The second kappa shape index (κ2) is 5.13. The normalized spacial score (nSPS) is 10.8. The van der Waals surface area contributed by atoms with Crippen LogP contribution < -0.4 is 9.47 Å². The van der Waals surface area contributed by atoms with E-state index in [0.717, 1.165) is 17.0 Å². The summed E-state index contributed by atoms with van der Waals surface area (Å²) >= 11 is 3.43. The molecule has 0 aliphatic carbocycles. The van der Waals surface area contributed by atoms with E-state index in [-0.39, 0.29) is 0 Å². The lowest BCUT2D eigenvalue weighted by molar-refractivity contribution is 0.355. The van der Waals surface area contributed by atoms with Crippen LogP contribution in [0, 0.1) is 0 Å². The summed E-state index contributed by atoms with van der Waals surface area (Å²) in [4.78, 5) is 8.81. The summed E-state index contributed by atoms with van der Waals surface area (Å²) in [6.45, 7) is 0. The number of fused-ring (bicyclic) bond motifs is 1. The predicted octanol–water partition coefficient (Wildman–Crippen LogP) is 3.18. The highest BCUT2D eigenvalue weighted by molar-refractivity contribution is 9.10. The van der Waals surface area contributed by atoms with Gasteiger partial charge in [-0.2, -0.15) is 0 Å². The van der Waals surface area contributed by atoms with Crippen molar-refractivity contribution in [3.05, 3.63) is 41.3 Å². The molecule has 3 aromatic rings. The van der Waals surface area contributed by atoms with Gasteiger partial charge in [-0.15, -0.1) is 0 Å². The van der Waals surface area contributed by atoms with Crippen molar-refractivity contribution < 1.29 is 9.47 Å². The molecule has 0 radical (unpaired) electrons. The molecule has 3 rings (SSSR count). The quantitative estimate of drug-likeness (QED) is 0.738. The van der Waals surface area contributed by atoms with Gasteiger partial charge >= 0.3 is 0 Å². The lowest BCUT2D eigenvalue weighted by Crippen LogP contribution is -1.93. The number of rotatable bonds is 3. The minimum absolute atomic E-state index is 0.668. The Balaban J connectivity index is 2.21. The summed E-state index contributed by atoms with van der Waals surface area (Å²) in [5.74, 6) is 2.15. The summed E-state index contributed by atoms with van der Waals surface area (Å²) < 4.78 is 13.2. The maximum absolute atomic E-state index is 5.33. The van der Waals surface area contributed by atoms with E-state index in [4.69, 9.17) is 9.47 Å². The van der Waals surface area contributed by atoms with E-state index in [2.05, 4.69) is 25.9 Å². The molecule has 0 unspecified atom stereocenters. The molecule has 0 spiro atoms. The zero-order valence-electron chi connectivity index (χ0n) is 11.0.